The zero-order chi connectivity index (χ0) is 21.1. The molecule has 2 rings (SSSR count). The molecule has 1 aliphatic rings. The van der Waals surface area contributed by atoms with E-state index in [0.29, 0.717) is 6.07 Å². The Morgan fingerprint density at radius 1 is 1.11 bits per heavy atom. The van der Waals surface area contributed by atoms with Crippen LogP contribution in [0.2, 0.25) is 0 Å². The predicted molar refractivity (Wildman–Crippen MR) is 96.2 cm³/mol. The van der Waals surface area contributed by atoms with Crippen molar-refractivity contribution in [3.05, 3.63) is 24.0 Å². The molecule has 0 aliphatic carbocycles. The van der Waals surface area contributed by atoms with Gasteiger partial charge in [0.25, 0.3) is 9.84 Å². The minimum Gasteiger partial charge on any atom is -0.367 e. The highest BCUT2D eigenvalue weighted by Gasteiger charge is 2.48. The van der Waals surface area contributed by atoms with Crippen molar-refractivity contribution in [3.63, 3.8) is 0 Å². The Labute approximate surface area is 161 Å². The summed E-state index contributed by atoms with van der Waals surface area (Å²) in [4.78, 5) is 16.2. The number of alkyl halides is 3. The molecule has 6 nitrogen and oxygen atoms in total. The summed E-state index contributed by atoms with van der Waals surface area (Å²) in [5.74, 6) is -1.16. The number of anilines is 1. The van der Waals surface area contributed by atoms with Gasteiger partial charge in [-0.05, 0) is 31.3 Å². The summed E-state index contributed by atoms with van der Waals surface area (Å²) < 4.78 is 76.1. The van der Waals surface area contributed by atoms with Crippen LogP contribution in [0.25, 0.3) is 0 Å². The number of halogens is 4. The normalized spacial score (nSPS) is 16.0. The summed E-state index contributed by atoms with van der Waals surface area (Å²) in [5, 5.41) is 0. The summed E-state index contributed by atoms with van der Waals surface area (Å²) >= 11 is 0. The lowest BCUT2D eigenvalue weighted by atomic mass is 10.2. The molecule has 158 valence electrons. The number of amides is 1. The van der Waals surface area contributed by atoms with Crippen molar-refractivity contribution in [2.75, 3.05) is 50.7 Å². The van der Waals surface area contributed by atoms with Gasteiger partial charge in [-0.15, -0.1) is 0 Å². The largest absolute Gasteiger partial charge is 0.501 e. The van der Waals surface area contributed by atoms with Crippen molar-refractivity contribution in [1.29, 1.82) is 0 Å². The average molecular weight is 425 g/mol. The number of sulfone groups is 1. The van der Waals surface area contributed by atoms with Crippen LogP contribution in [0.5, 0.6) is 0 Å². The molecule has 11 heteroatoms. The smallest absolute Gasteiger partial charge is 0.367 e. The first-order chi connectivity index (χ1) is 13.0. The summed E-state index contributed by atoms with van der Waals surface area (Å²) in [7, 11) is -5.70. The maximum Gasteiger partial charge on any atom is 0.501 e. The third kappa shape index (κ3) is 4.75. The molecule has 0 N–H and O–H groups in total. The fourth-order valence-corrected chi connectivity index (χ4v) is 4.01. The Morgan fingerprint density at radius 2 is 1.68 bits per heavy atom. The molecule has 1 amide bonds. The van der Waals surface area contributed by atoms with Gasteiger partial charge in [-0.1, -0.05) is 13.8 Å². The number of piperazine rings is 1. The van der Waals surface area contributed by atoms with Crippen molar-refractivity contribution in [2.45, 2.75) is 24.3 Å². The first-order valence-electron chi connectivity index (χ1n) is 8.87. The van der Waals surface area contributed by atoms with Gasteiger partial charge in [0.15, 0.2) is 0 Å². The second kappa shape index (κ2) is 8.64. The molecule has 0 saturated carbocycles. The number of hydrogen-bond acceptors (Lipinski definition) is 5. The molecule has 0 bridgehead atoms. The van der Waals surface area contributed by atoms with E-state index in [2.05, 4.69) is 0 Å². The molecule has 0 spiro atoms. The second-order valence-electron chi connectivity index (χ2n) is 6.39. The van der Waals surface area contributed by atoms with Gasteiger partial charge in [-0.2, -0.15) is 13.2 Å². The van der Waals surface area contributed by atoms with E-state index >= 15 is 0 Å². The number of carbonyl (C=O) groups is 1. The zero-order valence-corrected chi connectivity index (χ0v) is 16.5. The monoisotopic (exact) mass is 425 g/mol. The van der Waals surface area contributed by atoms with Crippen molar-refractivity contribution < 1.29 is 30.8 Å². The van der Waals surface area contributed by atoms with Gasteiger partial charge in [0, 0.05) is 26.2 Å². The fraction of sp³-hybridized carbons (Fsp3) is 0.588. The van der Waals surface area contributed by atoms with Crippen LogP contribution in [0.3, 0.4) is 0 Å². The third-order valence-electron chi connectivity index (χ3n) is 4.74. The zero-order valence-electron chi connectivity index (χ0n) is 15.7. The molecule has 1 aliphatic heterocycles. The molecule has 28 heavy (non-hydrogen) atoms. The molecule has 1 heterocycles. The van der Waals surface area contributed by atoms with E-state index in [4.69, 9.17) is 0 Å². The van der Waals surface area contributed by atoms with Crippen molar-refractivity contribution >= 4 is 21.4 Å². The van der Waals surface area contributed by atoms with Gasteiger partial charge in [0.1, 0.15) is 10.7 Å². The molecule has 0 aromatic heterocycles. The van der Waals surface area contributed by atoms with Crippen LogP contribution in [0.1, 0.15) is 13.8 Å². The topological polar surface area (TPSA) is 60.9 Å². The van der Waals surface area contributed by atoms with Gasteiger partial charge in [-0.3, -0.25) is 9.69 Å². The molecule has 0 radical (unpaired) electrons. The number of carbonyl (C=O) groups excluding carboxylic acids is 1. The van der Waals surface area contributed by atoms with E-state index < -0.39 is 26.1 Å². The van der Waals surface area contributed by atoms with E-state index in [1.165, 1.54) is 4.90 Å². The maximum absolute atomic E-state index is 13.5. The quantitative estimate of drug-likeness (QED) is 0.654. The lowest BCUT2D eigenvalue weighted by Gasteiger charge is -2.37. The van der Waals surface area contributed by atoms with Gasteiger partial charge >= 0.3 is 5.51 Å². The highest BCUT2D eigenvalue weighted by atomic mass is 32.2. The van der Waals surface area contributed by atoms with Gasteiger partial charge in [0.2, 0.25) is 5.91 Å². The van der Waals surface area contributed by atoms with Crippen molar-refractivity contribution in [2.24, 2.45) is 0 Å². The molecule has 0 atom stereocenters. The van der Waals surface area contributed by atoms with Gasteiger partial charge < -0.3 is 9.80 Å². The number of hydrogen-bond donors (Lipinski definition) is 0. The Morgan fingerprint density at radius 3 is 2.18 bits per heavy atom. The van der Waals surface area contributed by atoms with Crippen LogP contribution in [0, 0.1) is 5.82 Å². The molecular formula is C17H23F4N3O3S. The standard InChI is InChI=1S/C17H23F4N3O3S/c1-3-22(4-2)12-16(25)24-9-7-23(8-10-24)14-6-5-13(18)11-15(14)28(26,27)17(19,20)21/h5-6,11H,3-4,7-10,12H2,1-2H3. The van der Waals surface area contributed by atoms with E-state index in [-0.39, 0.29) is 44.3 Å². The highest BCUT2D eigenvalue weighted by Crippen LogP contribution is 2.36. The van der Waals surface area contributed by atoms with Crippen LogP contribution in [-0.4, -0.2) is 75.4 Å². The van der Waals surface area contributed by atoms with Crippen LogP contribution >= 0.6 is 0 Å². The second-order valence-corrected chi connectivity index (χ2v) is 8.30. The average Bonchev–Trinajstić information content (AvgIpc) is 2.65. The van der Waals surface area contributed by atoms with Crippen LogP contribution in [0.15, 0.2) is 23.1 Å². The Balaban J connectivity index is 2.18. The molecular weight excluding hydrogens is 402 g/mol. The van der Waals surface area contributed by atoms with Gasteiger partial charge in [0.05, 0.1) is 12.2 Å². The van der Waals surface area contributed by atoms with E-state index in [9.17, 15) is 30.8 Å². The maximum atomic E-state index is 13.5. The lowest BCUT2D eigenvalue weighted by molar-refractivity contribution is -0.132. The first-order valence-corrected chi connectivity index (χ1v) is 10.4. The van der Waals surface area contributed by atoms with Crippen molar-refractivity contribution in [1.82, 2.24) is 9.80 Å². The third-order valence-corrected chi connectivity index (χ3v) is 6.26. The van der Waals surface area contributed by atoms with E-state index in [1.807, 2.05) is 18.7 Å². The Bertz CT molecular complexity index is 802. The Hall–Kier alpha value is -1.88. The molecule has 1 saturated heterocycles. The lowest BCUT2D eigenvalue weighted by Crippen LogP contribution is -2.51. The SMILES string of the molecule is CCN(CC)CC(=O)N1CCN(c2ccc(F)cc2S(=O)(=O)C(F)(F)F)CC1. The van der Waals surface area contributed by atoms with E-state index in [1.54, 1.807) is 4.90 Å². The number of benzene rings is 1. The predicted octanol–water partition coefficient (Wildman–Crippen LogP) is 2.11. The number of rotatable bonds is 6. The van der Waals surface area contributed by atoms with Gasteiger partial charge in [-0.25, -0.2) is 12.8 Å². The minimum atomic E-state index is -5.70. The fourth-order valence-electron chi connectivity index (χ4n) is 3.02. The number of likely N-dealkylation sites (N-methyl/N-ethyl adjacent to an activating group) is 1. The van der Waals surface area contributed by atoms with Crippen LogP contribution in [0.4, 0.5) is 23.2 Å². The van der Waals surface area contributed by atoms with Crippen LogP contribution in [-0.2, 0) is 14.6 Å². The molecule has 1 fully saturated rings. The highest BCUT2D eigenvalue weighted by molar-refractivity contribution is 7.92. The molecule has 1 aromatic carbocycles. The summed E-state index contributed by atoms with van der Waals surface area (Å²) in [6.07, 6.45) is 0. The summed E-state index contributed by atoms with van der Waals surface area (Å²) in [5.41, 5.74) is -5.74. The molecule has 0 unspecified atom stereocenters. The number of nitrogens with zero attached hydrogens (tertiary/aromatic N) is 3. The summed E-state index contributed by atoms with van der Waals surface area (Å²) in [6, 6.07) is 2.33. The van der Waals surface area contributed by atoms with Crippen LogP contribution < -0.4 is 4.90 Å². The van der Waals surface area contributed by atoms with E-state index in [0.717, 1.165) is 25.2 Å². The van der Waals surface area contributed by atoms with Crippen molar-refractivity contribution in [3.8, 4) is 0 Å². The first kappa shape index (κ1) is 22.4. The summed E-state index contributed by atoms with van der Waals surface area (Å²) in [6.45, 7) is 6.33. The minimum absolute atomic E-state index is 0.0920. The molecule has 1 aromatic rings. The Kier molecular flexibility index (Phi) is 6.92.